The molecule has 0 spiro atoms. The van der Waals surface area contributed by atoms with Crippen molar-refractivity contribution in [2.45, 2.75) is 57.7 Å². The molecule has 1 aliphatic rings. The monoisotopic (exact) mass is 172 g/mol. The zero-order valence-electron chi connectivity index (χ0n) is 8.40. The van der Waals surface area contributed by atoms with Gasteiger partial charge >= 0.3 is 0 Å². The van der Waals surface area contributed by atoms with Crippen molar-refractivity contribution in [2.24, 2.45) is 0 Å². The first-order chi connectivity index (χ1) is 4.92. The molecule has 1 heterocycles. The summed E-state index contributed by atoms with van der Waals surface area (Å²) in [4.78, 5) is 0. The van der Waals surface area contributed by atoms with Gasteiger partial charge in [0.05, 0.1) is 19.4 Å². The Balaban J connectivity index is 2.49. The van der Waals surface area contributed by atoms with Crippen molar-refractivity contribution in [3.05, 3.63) is 0 Å². The lowest BCUT2D eigenvalue weighted by molar-refractivity contribution is 0.347. The summed E-state index contributed by atoms with van der Waals surface area (Å²) in [7, 11) is -1.07. The second kappa shape index (κ2) is 2.59. The summed E-state index contributed by atoms with van der Waals surface area (Å²) in [5.74, 6) is 0. The Morgan fingerprint density at radius 2 is 1.91 bits per heavy atom. The van der Waals surface area contributed by atoms with Crippen LogP contribution in [-0.2, 0) is 4.74 Å². The number of ether oxygens (including phenoxy) is 1. The zero-order chi connectivity index (χ0) is 8.70. The van der Waals surface area contributed by atoms with Gasteiger partial charge in [-0.2, -0.15) is 0 Å². The number of hydrogen-bond donors (Lipinski definition) is 0. The molecule has 0 amide bonds. The maximum Gasteiger partial charge on any atom is 0.0855 e. The van der Waals surface area contributed by atoms with Crippen molar-refractivity contribution in [1.82, 2.24) is 0 Å². The summed E-state index contributed by atoms with van der Waals surface area (Å²) in [5, 5.41) is 0.295. The van der Waals surface area contributed by atoms with Crippen LogP contribution in [0.25, 0.3) is 0 Å². The highest BCUT2D eigenvalue weighted by atomic mass is 28.3. The predicted octanol–water partition coefficient (Wildman–Crippen LogP) is 2.82. The minimum absolute atomic E-state index is 0.295. The van der Waals surface area contributed by atoms with Gasteiger partial charge in [-0.05, 0) is 13.3 Å². The topological polar surface area (TPSA) is 12.5 Å². The molecule has 0 N–H and O–H groups in total. The van der Waals surface area contributed by atoms with Crippen LogP contribution in [0.2, 0.25) is 19.6 Å². The maximum atomic E-state index is 5.77. The summed E-state index contributed by atoms with van der Waals surface area (Å²) in [5.41, 5.74) is 0. The number of rotatable bonds is 3. The van der Waals surface area contributed by atoms with E-state index in [0.717, 1.165) is 0 Å². The molecule has 1 saturated heterocycles. The van der Waals surface area contributed by atoms with Gasteiger partial charge < -0.3 is 4.74 Å². The van der Waals surface area contributed by atoms with Crippen LogP contribution in [0.3, 0.4) is 0 Å². The van der Waals surface area contributed by atoms with Crippen LogP contribution in [0.15, 0.2) is 0 Å². The van der Waals surface area contributed by atoms with E-state index < -0.39 is 8.07 Å². The predicted molar refractivity (Wildman–Crippen MR) is 51.5 cm³/mol. The van der Waals surface area contributed by atoms with E-state index in [2.05, 4.69) is 33.5 Å². The Morgan fingerprint density at radius 1 is 1.36 bits per heavy atom. The number of hydrogen-bond acceptors (Lipinski definition) is 1. The fourth-order valence-corrected chi connectivity index (χ4v) is 3.12. The van der Waals surface area contributed by atoms with Crippen molar-refractivity contribution in [1.29, 1.82) is 0 Å². The van der Waals surface area contributed by atoms with Gasteiger partial charge in [-0.25, -0.2) is 0 Å². The summed E-state index contributed by atoms with van der Waals surface area (Å²) < 4.78 is 5.77. The van der Waals surface area contributed by atoms with Gasteiger partial charge in [0.1, 0.15) is 0 Å². The first-order valence-corrected chi connectivity index (χ1v) is 8.09. The molecular formula is C9H20OSi. The minimum atomic E-state index is -1.07. The molecule has 1 fully saturated rings. The average Bonchev–Trinajstić information content (AvgIpc) is 2.43. The third-order valence-corrected chi connectivity index (χ3v) is 6.40. The van der Waals surface area contributed by atoms with Crippen LogP contribution in [0, 0.1) is 0 Å². The van der Waals surface area contributed by atoms with Crippen LogP contribution < -0.4 is 0 Å². The molecule has 0 aromatic rings. The molecule has 0 bridgehead atoms. The van der Waals surface area contributed by atoms with Gasteiger partial charge in [-0.15, -0.1) is 0 Å². The lowest BCUT2D eigenvalue weighted by Gasteiger charge is -2.21. The van der Waals surface area contributed by atoms with Crippen molar-refractivity contribution in [2.75, 3.05) is 0 Å². The second-order valence-corrected chi connectivity index (χ2v) is 10.2. The van der Waals surface area contributed by atoms with Crippen LogP contribution in [0.4, 0.5) is 0 Å². The van der Waals surface area contributed by atoms with Gasteiger partial charge in [-0.1, -0.05) is 33.0 Å². The lowest BCUT2D eigenvalue weighted by atomic mass is 10.2. The standard InChI is InChI=1S/C9H20OSi/c1-6-7-8-9(2,10-8)11(3,4)5/h8H,6-7H2,1-5H3. The molecule has 2 heteroatoms. The normalized spacial score (nSPS) is 37.4. The Morgan fingerprint density at radius 3 is 2.18 bits per heavy atom. The van der Waals surface area contributed by atoms with Crippen molar-refractivity contribution in [3.8, 4) is 0 Å². The smallest absolute Gasteiger partial charge is 0.0855 e. The van der Waals surface area contributed by atoms with E-state index in [-0.39, 0.29) is 0 Å². The largest absolute Gasteiger partial charge is 0.370 e. The highest BCUT2D eigenvalue weighted by molar-refractivity contribution is 6.79. The van der Waals surface area contributed by atoms with Crippen LogP contribution in [0.1, 0.15) is 26.7 Å². The van der Waals surface area contributed by atoms with Crippen LogP contribution >= 0.6 is 0 Å². The zero-order valence-corrected chi connectivity index (χ0v) is 9.40. The molecule has 0 aliphatic carbocycles. The fraction of sp³-hybridized carbons (Fsp3) is 1.00. The highest BCUT2D eigenvalue weighted by Gasteiger charge is 2.59. The molecular weight excluding hydrogens is 152 g/mol. The highest BCUT2D eigenvalue weighted by Crippen LogP contribution is 2.45. The molecule has 66 valence electrons. The van der Waals surface area contributed by atoms with E-state index in [1.165, 1.54) is 12.8 Å². The lowest BCUT2D eigenvalue weighted by Crippen LogP contribution is -2.41. The molecule has 2 atom stereocenters. The third kappa shape index (κ3) is 1.52. The summed E-state index contributed by atoms with van der Waals surface area (Å²) in [6.45, 7) is 11.7. The van der Waals surface area contributed by atoms with Crippen LogP contribution in [-0.4, -0.2) is 19.4 Å². The molecule has 0 saturated carbocycles. The minimum Gasteiger partial charge on any atom is -0.370 e. The SMILES string of the molecule is CCCC1OC1(C)[Si](C)(C)C. The quantitative estimate of drug-likeness (QED) is 0.471. The van der Waals surface area contributed by atoms with E-state index in [0.29, 0.717) is 11.3 Å². The average molecular weight is 172 g/mol. The summed E-state index contributed by atoms with van der Waals surface area (Å²) >= 11 is 0. The fourth-order valence-electron chi connectivity index (χ4n) is 1.52. The van der Waals surface area contributed by atoms with Gasteiger partial charge in [0.2, 0.25) is 0 Å². The molecule has 1 nitrogen and oxygen atoms in total. The first-order valence-electron chi connectivity index (χ1n) is 4.59. The van der Waals surface area contributed by atoms with Crippen LogP contribution in [0.5, 0.6) is 0 Å². The molecule has 0 aromatic carbocycles. The van der Waals surface area contributed by atoms with Gasteiger partial charge in [0, 0.05) is 0 Å². The van der Waals surface area contributed by atoms with Crippen molar-refractivity contribution >= 4 is 8.07 Å². The van der Waals surface area contributed by atoms with E-state index in [1.807, 2.05) is 0 Å². The third-order valence-electron chi connectivity index (χ3n) is 2.98. The summed E-state index contributed by atoms with van der Waals surface area (Å²) in [6, 6.07) is 0. The second-order valence-electron chi connectivity index (χ2n) is 4.75. The Bertz CT molecular complexity index is 150. The molecule has 1 rings (SSSR count). The van der Waals surface area contributed by atoms with Crippen molar-refractivity contribution in [3.63, 3.8) is 0 Å². The van der Waals surface area contributed by atoms with E-state index in [9.17, 15) is 0 Å². The first kappa shape index (κ1) is 9.27. The van der Waals surface area contributed by atoms with E-state index in [1.54, 1.807) is 0 Å². The molecule has 1 aliphatic heterocycles. The Kier molecular flexibility index (Phi) is 2.19. The maximum absolute atomic E-state index is 5.77. The van der Waals surface area contributed by atoms with Gasteiger partial charge in [0.15, 0.2) is 0 Å². The molecule has 0 radical (unpaired) electrons. The van der Waals surface area contributed by atoms with Gasteiger partial charge in [0.25, 0.3) is 0 Å². The van der Waals surface area contributed by atoms with E-state index >= 15 is 0 Å². The van der Waals surface area contributed by atoms with Gasteiger partial charge in [-0.3, -0.25) is 0 Å². The molecule has 2 unspecified atom stereocenters. The van der Waals surface area contributed by atoms with E-state index in [4.69, 9.17) is 4.74 Å². The summed E-state index contributed by atoms with van der Waals surface area (Å²) in [6.07, 6.45) is 3.09. The Hall–Kier alpha value is 0.177. The molecule has 0 aromatic heterocycles. The number of epoxide rings is 1. The van der Waals surface area contributed by atoms with Crippen molar-refractivity contribution < 1.29 is 4.74 Å². The Labute approximate surface area is 71.1 Å². The molecule has 11 heavy (non-hydrogen) atoms.